The minimum atomic E-state index is -0.448. The van der Waals surface area contributed by atoms with Crippen molar-refractivity contribution in [2.45, 2.75) is 44.6 Å². The molecule has 0 bridgehead atoms. The van der Waals surface area contributed by atoms with Crippen LogP contribution in [0.3, 0.4) is 0 Å². The van der Waals surface area contributed by atoms with Gasteiger partial charge < -0.3 is 15.4 Å². The third kappa shape index (κ3) is 4.33. The first-order valence-corrected chi connectivity index (χ1v) is 9.45. The van der Waals surface area contributed by atoms with Crippen LogP contribution in [0, 0.1) is 11.2 Å². The number of benzene rings is 1. The number of hydrogen-bond donors (Lipinski definition) is 1. The van der Waals surface area contributed by atoms with Gasteiger partial charge in [-0.25, -0.2) is 4.39 Å². The highest BCUT2D eigenvalue weighted by Crippen LogP contribution is 2.39. The van der Waals surface area contributed by atoms with E-state index in [2.05, 4.69) is 0 Å². The SMILES string of the molecule is NCC1(CC(=O)N2CCOC(c3ccc(F)c(Cl)c3)C2)CCCCC1. The lowest BCUT2D eigenvalue weighted by molar-refractivity contribution is -0.142. The van der Waals surface area contributed by atoms with Crippen LogP contribution in [0.25, 0.3) is 0 Å². The average molecular weight is 369 g/mol. The molecule has 1 aliphatic carbocycles. The van der Waals surface area contributed by atoms with E-state index in [4.69, 9.17) is 22.1 Å². The number of nitrogens with zero attached hydrogens (tertiary/aromatic N) is 1. The van der Waals surface area contributed by atoms with Gasteiger partial charge in [0.2, 0.25) is 5.91 Å². The molecule has 1 aliphatic heterocycles. The van der Waals surface area contributed by atoms with Crippen molar-refractivity contribution < 1.29 is 13.9 Å². The summed E-state index contributed by atoms with van der Waals surface area (Å²) in [7, 11) is 0. The Morgan fingerprint density at radius 1 is 1.36 bits per heavy atom. The Hall–Kier alpha value is -1.17. The molecule has 1 heterocycles. The summed E-state index contributed by atoms with van der Waals surface area (Å²) < 4.78 is 19.1. The molecule has 1 saturated heterocycles. The molecule has 25 heavy (non-hydrogen) atoms. The molecule has 0 aromatic heterocycles. The third-order valence-electron chi connectivity index (χ3n) is 5.61. The average Bonchev–Trinajstić information content (AvgIpc) is 2.65. The van der Waals surface area contributed by atoms with E-state index in [1.807, 2.05) is 4.90 Å². The predicted octanol–water partition coefficient (Wildman–Crippen LogP) is 3.68. The molecule has 1 amide bonds. The molecule has 2 aliphatic rings. The summed E-state index contributed by atoms with van der Waals surface area (Å²) in [5.74, 6) is -0.301. The second-order valence-corrected chi connectivity index (χ2v) is 7.72. The normalized spacial score (nSPS) is 23.5. The molecule has 138 valence electrons. The Bertz CT molecular complexity index is 619. The molecule has 4 nitrogen and oxygen atoms in total. The van der Waals surface area contributed by atoms with E-state index < -0.39 is 5.82 Å². The third-order valence-corrected chi connectivity index (χ3v) is 5.90. The first-order valence-electron chi connectivity index (χ1n) is 9.07. The first-order chi connectivity index (χ1) is 12.0. The highest BCUT2D eigenvalue weighted by molar-refractivity contribution is 6.30. The fourth-order valence-corrected chi connectivity index (χ4v) is 4.17. The molecule has 1 aromatic carbocycles. The molecule has 6 heteroatoms. The number of ether oxygens (including phenoxy) is 1. The van der Waals surface area contributed by atoms with Gasteiger partial charge in [0.1, 0.15) is 11.9 Å². The van der Waals surface area contributed by atoms with Gasteiger partial charge in [0.25, 0.3) is 0 Å². The molecule has 0 radical (unpaired) electrons. The Morgan fingerprint density at radius 2 is 2.12 bits per heavy atom. The minimum absolute atomic E-state index is 0.0394. The number of rotatable bonds is 4. The zero-order valence-electron chi connectivity index (χ0n) is 14.5. The monoisotopic (exact) mass is 368 g/mol. The van der Waals surface area contributed by atoms with Crippen molar-refractivity contribution in [3.05, 3.63) is 34.6 Å². The van der Waals surface area contributed by atoms with Crippen molar-refractivity contribution >= 4 is 17.5 Å². The zero-order chi connectivity index (χ0) is 17.9. The van der Waals surface area contributed by atoms with Crippen molar-refractivity contribution in [3.8, 4) is 0 Å². The fourth-order valence-electron chi connectivity index (χ4n) is 3.98. The van der Waals surface area contributed by atoms with Crippen LogP contribution >= 0.6 is 11.6 Å². The van der Waals surface area contributed by atoms with E-state index in [0.29, 0.717) is 32.7 Å². The summed E-state index contributed by atoms with van der Waals surface area (Å²) >= 11 is 5.87. The number of halogens is 2. The van der Waals surface area contributed by atoms with Gasteiger partial charge in [-0.1, -0.05) is 36.9 Å². The number of hydrogen-bond acceptors (Lipinski definition) is 3. The molecule has 1 saturated carbocycles. The maximum atomic E-state index is 13.4. The molecule has 2 N–H and O–H groups in total. The molecule has 2 fully saturated rings. The second-order valence-electron chi connectivity index (χ2n) is 7.31. The van der Waals surface area contributed by atoms with Crippen LogP contribution in [0.15, 0.2) is 18.2 Å². The van der Waals surface area contributed by atoms with Crippen molar-refractivity contribution in [2.75, 3.05) is 26.2 Å². The van der Waals surface area contributed by atoms with Gasteiger partial charge in [-0.05, 0) is 42.5 Å². The van der Waals surface area contributed by atoms with Crippen molar-refractivity contribution in [1.82, 2.24) is 4.90 Å². The summed E-state index contributed by atoms with van der Waals surface area (Å²) in [5.41, 5.74) is 6.78. The first kappa shape index (κ1) is 18.6. The minimum Gasteiger partial charge on any atom is -0.370 e. The summed E-state index contributed by atoms with van der Waals surface area (Å²) in [6.45, 7) is 2.10. The van der Waals surface area contributed by atoms with E-state index in [0.717, 1.165) is 31.2 Å². The van der Waals surface area contributed by atoms with Gasteiger partial charge in [0.15, 0.2) is 0 Å². The molecule has 1 aromatic rings. The maximum absolute atomic E-state index is 13.4. The van der Waals surface area contributed by atoms with Crippen molar-refractivity contribution in [1.29, 1.82) is 0 Å². The van der Waals surface area contributed by atoms with E-state index in [-0.39, 0.29) is 22.4 Å². The molecule has 0 spiro atoms. The largest absolute Gasteiger partial charge is 0.370 e. The summed E-state index contributed by atoms with van der Waals surface area (Å²) in [4.78, 5) is 14.7. The van der Waals surface area contributed by atoms with Crippen LogP contribution in [0.5, 0.6) is 0 Å². The lowest BCUT2D eigenvalue weighted by atomic mass is 9.71. The number of amides is 1. The number of morpholine rings is 1. The smallest absolute Gasteiger partial charge is 0.223 e. The Balaban J connectivity index is 1.66. The van der Waals surface area contributed by atoms with E-state index >= 15 is 0 Å². The molecule has 3 rings (SSSR count). The topological polar surface area (TPSA) is 55.6 Å². The van der Waals surface area contributed by atoms with Crippen LogP contribution in [-0.2, 0) is 9.53 Å². The standard InChI is InChI=1S/C19H26ClFN2O2/c20-15-10-14(4-5-16(15)21)17-12-23(8-9-25-17)18(24)11-19(13-22)6-2-1-3-7-19/h4-5,10,17H,1-3,6-9,11-13,22H2. The molecule has 1 unspecified atom stereocenters. The summed E-state index contributed by atoms with van der Waals surface area (Å²) in [6.07, 6.45) is 5.87. The van der Waals surface area contributed by atoms with Gasteiger partial charge >= 0.3 is 0 Å². The van der Waals surface area contributed by atoms with Crippen molar-refractivity contribution in [2.24, 2.45) is 11.1 Å². The maximum Gasteiger partial charge on any atom is 0.223 e. The summed E-state index contributed by atoms with van der Waals surface area (Å²) in [6, 6.07) is 4.59. The van der Waals surface area contributed by atoms with Gasteiger partial charge in [0.05, 0.1) is 18.2 Å². The highest BCUT2D eigenvalue weighted by Gasteiger charge is 2.35. The second kappa shape index (κ2) is 8.02. The van der Waals surface area contributed by atoms with E-state index in [9.17, 15) is 9.18 Å². The zero-order valence-corrected chi connectivity index (χ0v) is 15.2. The van der Waals surface area contributed by atoms with Gasteiger partial charge in [-0.15, -0.1) is 0 Å². The quantitative estimate of drug-likeness (QED) is 0.882. The van der Waals surface area contributed by atoms with Gasteiger partial charge in [-0.3, -0.25) is 4.79 Å². The Kier molecular flexibility index (Phi) is 5.97. The fraction of sp³-hybridized carbons (Fsp3) is 0.632. The Morgan fingerprint density at radius 3 is 2.80 bits per heavy atom. The Labute approximate surface area is 153 Å². The number of carbonyl (C=O) groups excluding carboxylic acids is 1. The van der Waals surface area contributed by atoms with E-state index in [1.54, 1.807) is 12.1 Å². The predicted molar refractivity (Wildman–Crippen MR) is 95.9 cm³/mol. The summed E-state index contributed by atoms with van der Waals surface area (Å²) in [5, 5.41) is 0.0776. The van der Waals surface area contributed by atoms with Crippen LogP contribution in [0.2, 0.25) is 5.02 Å². The van der Waals surface area contributed by atoms with Crippen molar-refractivity contribution in [3.63, 3.8) is 0 Å². The number of nitrogens with two attached hydrogens (primary N) is 1. The van der Waals surface area contributed by atoms with E-state index in [1.165, 1.54) is 12.5 Å². The van der Waals surface area contributed by atoms with Crippen LogP contribution in [-0.4, -0.2) is 37.0 Å². The number of carbonyl (C=O) groups is 1. The lowest BCUT2D eigenvalue weighted by Crippen LogP contribution is -2.45. The van der Waals surface area contributed by atoms with Gasteiger partial charge in [0, 0.05) is 13.0 Å². The van der Waals surface area contributed by atoms with Crippen LogP contribution < -0.4 is 5.73 Å². The van der Waals surface area contributed by atoms with Crippen LogP contribution in [0.4, 0.5) is 4.39 Å². The van der Waals surface area contributed by atoms with Crippen LogP contribution in [0.1, 0.15) is 50.2 Å². The highest BCUT2D eigenvalue weighted by atomic mass is 35.5. The van der Waals surface area contributed by atoms with Gasteiger partial charge in [-0.2, -0.15) is 0 Å². The molecule has 1 atom stereocenters. The molecular weight excluding hydrogens is 343 g/mol. The molecular formula is C19H26ClFN2O2. The lowest BCUT2D eigenvalue weighted by Gasteiger charge is -2.39.